The van der Waals surface area contributed by atoms with Gasteiger partial charge in [-0.1, -0.05) is 28.1 Å². The summed E-state index contributed by atoms with van der Waals surface area (Å²) in [6.07, 6.45) is 2.28. The largest absolute Gasteiger partial charge is 0.368 e. The first kappa shape index (κ1) is 15.5. The van der Waals surface area contributed by atoms with E-state index in [9.17, 15) is 4.79 Å². The Balaban J connectivity index is 2.20. The molecular formula is C15H22BrN3O. The third-order valence-corrected chi connectivity index (χ3v) is 4.51. The van der Waals surface area contributed by atoms with Gasteiger partial charge in [0.25, 0.3) is 0 Å². The van der Waals surface area contributed by atoms with Crippen molar-refractivity contribution in [2.75, 3.05) is 27.2 Å². The fourth-order valence-corrected chi connectivity index (χ4v) is 3.10. The first-order chi connectivity index (χ1) is 9.49. The minimum Gasteiger partial charge on any atom is -0.368 e. The van der Waals surface area contributed by atoms with E-state index in [4.69, 9.17) is 5.73 Å². The summed E-state index contributed by atoms with van der Waals surface area (Å²) in [6.45, 7) is 1.81. The van der Waals surface area contributed by atoms with E-state index < -0.39 is 0 Å². The van der Waals surface area contributed by atoms with Crippen LogP contribution >= 0.6 is 15.9 Å². The Morgan fingerprint density at radius 2 is 2.05 bits per heavy atom. The van der Waals surface area contributed by atoms with Crippen molar-refractivity contribution in [1.82, 2.24) is 9.80 Å². The van der Waals surface area contributed by atoms with E-state index in [1.807, 2.05) is 24.3 Å². The summed E-state index contributed by atoms with van der Waals surface area (Å²) in [5, 5.41) is 0. The van der Waals surface area contributed by atoms with Gasteiger partial charge in [-0.2, -0.15) is 0 Å². The van der Waals surface area contributed by atoms with Gasteiger partial charge in [0.1, 0.15) is 6.04 Å². The number of amides is 1. The molecule has 0 aliphatic carbocycles. The molecule has 2 unspecified atom stereocenters. The number of carbonyl (C=O) groups excluding carboxylic acids is 1. The van der Waals surface area contributed by atoms with E-state index in [1.165, 1.54) is 6.42 Å². The molecule has 1 aromatic rings. The van der Waals surface area contributed by atoms with E-state index in [0.717, 1.165) is 29.5 Å². The number of rotatable bonds is 4. The summed E-state index contributed by atoms with van der Waals surface area (Å²) in [5.41, 5.74) is 6.63. The zero-order valence-electron chi connectivity index (χ0n) is 12.1. The van der Waals surface area contributed by atoms with Crippen LogP contribution in [0.2, 0.25) is 0 Å². The lowest BCUT2D eigenvalue weighted by Crippen LogP contribution is -2.49. The zero-order chi connectivity index (χ0) is 14.7. The number of carbonyl (C=O) groups is 1. The summed E-state index contributed by atoms with van der Waals surface area (Å²) in [7, 11) is 4.18. The molecule has 1 aliphatic rings. The van der Waals surface area contributed by atoms with Crippen LogP contribution in [-0.2, 0) is 4.79 Å². The number of benzene rings is 1. The van der Waals surface area contributed by atoms with E-state index in [0.29, 0.717) is 6.04 Å². The summed E-state index contributed by atoms with van der Waals surface area (Å²) in [5.74, 6) is -0.272. The van der Waals surface area contributed by atoms with E-state index in [1.54, 1.807) is 0 Å². The molecule has 0 radical (unpaired) electrons. The second-order valence-electron chi connectivity index (χ2n) is 5.61. The number of halogens is 1. The van der Waals surface area contributed by atoms with Gasteiger partial charge in [-0.25, -0.2) is 0 Å². The molecule has 4 nitrogen and oxygen atoms in total. The Hall–Kier alpha value is -0.910. The molecular weight excluding hydrogens is 318 g/mol. The molecule has 20 heavy (non-hydrogen) atoms. The molecule has 5 heteroatoms. The number of nitrogens with zero attached hydrogens (tertiary/aromatic N) is 2. The fourth-order valence-electron chi connectivity index (χ4n) is 2.84. The quantitative estimate of drug-likeness (QED) is 0.912. The highest BCUT2D eigenvalue weighted by molar-refractivity contribution is 9.10. The molecule has 0 spiro atoms. The van der Waals surface area contributed by atoms with Gasteiger partial charge < -0.3 is 10.6 Å². The highest BCUT2D eigenvalue weighted by Crippen LogP contribution is 2.26. The average molecular weight is 340 g/mol. The van der Waals surface area contributed by atoms with Gasteiger partial charge in [-0.15, -0.1) is 0 Å². The molecule has 1 aliphatic heterocycles. The molecule has 1 fully saturated rings. The van der Waals surface area contributed by atoms with Crippen molar-refractivity contribution in [3.8, 4) is 0 Å². The smallest absolute Gasteiger partial charge is 0.239 e. The highest BCUT2D eigenvalue weighted by Gasteiger charge is 2.30. The van der Waals surface area contributed by atoms with Crippen LogP contribution in [0.5, 0.6) is 0 Å². The normalized spacial score (nSPS) is 21.9. The van der Waals surface area contributed by atoms with Crippen LogP contribution in [-0.4, -0.2) is 48.9 Å². The summed E-state index contributed by atoms with van der Waals surface area (Å²) in [6, 6.07) is 8.02. The number of likely N-dealkylation sites (N-methyl/N-ethyl adjacent to an activating group) is 1. The van der Waals surface area contributed by atoms with Gasteiger partial charge in [0.05, 0.1) is 0 Å². The van der Waals surface area contributed by atoms with Crippen molar-refractivity contribution < 1.29 is 4.79 Å². The molecule has 1 amide bonds. The van der Waals surface area contributed by atoms with Crippen LogP contribution < -0.4 is 5.73 Å². The summed E-state index contributed by atoms with van der Waals surface area (Å²) in [4.78, 5) is 16.4. The summed E-state index contributed by atoms with van der Waals surface area (Å²) < 4.78 is 1.01. The predicted molar refractivity (Wildman–Crippen MR) is 84.4 cm³/mol. The van der Waals surface area contributed by atoms with Crippen molar-refractivity contribution in [3.63, 3.8) is 0 Å². The second-order valence-corrected chi connectivity index (χ2v) is 6.53. The van der Waals surface area contributed by atoms with Gasteiger partial charge in [0, 0.05) is 17.1 Å². The topological polar surface area (TPSA) is 49.6 Å². The summed E-state index contributed by atoms with van der Waals surface area (Å²) >= 11 is 3.42. The van der Waals surface area contributed by atoms with Crippen molar-refractivity contribution in [1.29, 1.82) is 0 Å². The maximum Gasteiger partial charge on any atom is 0.239 e. The number of nitrogens with two attached hydrogens (primary N) is 1. The third kappa shape index (κ3) is 3.59. The number of hydrogen-bond donors (Lipinski definition) is 1. The first-order valence-corrected chi connectivity index (χ1v) is 7.73. The maximum atomic E-state index is 11.9. The van der Waals surface area contributed by atoms with Crippen LogP contribution in [0.15, 0.2) is 28.7 Å². The predicted octanol–water partition coefficient (Wildman–Crippen LogP) is 2.00. The molecule has 0 saturated carbocycles. The highest BCUT2D eigenvalue weighted by atomic mass is 79.9. The second kappa shape index (κ2) is 6.70. The van der Waals surface area contributed by atoms with Crippen LogP contribution in [0, 0.1) is 0 Å². The van der Waals surface area contributed by atoms with Crippen molar-refractivity contribution >= 4 is 21.8 Å². The van der Waals surface area contributed by atoms with Gasteiger partial charge >= 0.3 is 0 Å². The Labute approximate surface area is 129 Å². The maximum absolute atomic E-state index is 11.9. The first-order valence-electron chi connectivity index (χ1n) is 6.94. The minimum atomic E-state index is -0.328. The minimum absolute atomic E-state index is 0.272. The number of likely N-dealkylation sites (tertiary alicyclic amines) is 1. The van der Waals surface area contributed by atoms with Gasteiger partial charge in [0.2, 0.25) is 5.91 Å². The third-order valence-electron chi connectivity index (χ3n) is 3.98. The van der Waals surface area contributed by atoms with Crippen molar-refractivity contribution in [3.05, 3.63) is 34.3 Å². The standard InChI is InChI=1S/C15H22BrN3O/c1-18(2)13-4-3-9-19(10-13)14(15(17)20)11-5-7-12(16)8-6-11/h5-8,13-14H,3-4,9-10H2,1-2H3,(H2,17,20). The molecule has 2 rings (SSSR count). The van der Waals surface area contributed by atoms with Gasteiger partial charge in [-0.3, -0.25) is 9.69 Å². The Bertz CT molecular complexity index is 461. The molecule has 0 aromatic heterocycles. The molecule has 1 aromatic carbocycles. The molecule has 1 saturated heterocycles. The molecule has 1 heterocycles. The lowest BCUT2D eigenvalue weighted by atomic mass is 9.98. The number of primary amides is 1. The number of piperidine rings is 1. The van der Waals surface area contributed by atoms with Crippen LogP contribution in [0.1, 0.15) is 24.4 Å². The van der Waals surface area contributed by atoms with Gasteiger partial charge in [0.15, 0.2) is 0 Å². The lowest BCUT2D eigenvalue weighted by molar-refractivity contribution is -0.124. The Morgan fingerprint density at radius 1 is 1.40 bits per heavy atom. The average Bonchev–Trinajstić information content (AvgIpc) is 2.41. The van der Waals surface area contributed by atoms with E-state index in [-0.39, 0.29) is 11.9 Å². The fraction of sp³-hybridized carbons (Fsp3) is 0.533. The number of hydrogen-bond acceptors (Lipinski definition) is 3. The SMILES string of the molecule is CN(C)C1CCCN(C(C(N)=O)c2ccc(Br)cc2)C1. The molecule has 110 valence electrons. The van der Waals surface area contributed by atoms with Crippen molar-refractivity contribution in [2.45, 2.75) is 24.9 Å². The lowest BCUT2D eigenvalue weighted by Gasteiger charge is -2.39. The molecule has 2 N–H and O–H groups in total. The van der Waals surface area contributed by atoms with E-state index >= 15 is 0 Å². The molecule has 0 bridgehead atoms. The van der Waals surface area contributed by atoms with E-state index in [2.05, 4.69) is 39.8 Å². The Morgan fingerprint density at radius 3 is 2.60 bits per heavy atom. The van der Waals surface area contributed by atoms with Crippen LogP contribution in [0.3, 0.4) is 0 Å². The molecule has 2 atom stereocenters. The van der Waals surface area contributed by atoms with Crippen LogP contribution in [0.4, 0.5) is 0 Å². The Kier molecular flexibility index (Phi) is 5.18. The van der Waals surface area contributed by atoms with Crippen molar-refractivity contribution in [2.24, 2.45) is 5.73 Å². The van der Waals surface area contributed by atoms with Gasteiger partial charge in [-0.05, 0) is 51.2 Å². The monoisotopic (exact) mass is 339 g/mol. The van der Waals surface area contributed by atoms with Crippen LogP contribution in [0.25, 0.3) is 0 Å². The zero-order valence-corrected chi connectivity index (χ0v) is 13.6.